The fourth-order valence-corrected chi connectivity index (χ4v) is 4.67. The number of non-ortho nitro benzene ring substituents is 1. The number of benzene rings is 2. The van der Waals surface area contributed by atoms with Gasteiger partial charge in [0.25, 0.3) is 11.2 Å². The van der Waals surface area contributed by atoms with Gasteiger partial charge >= 0.3 is 0 Å². The molecule has 0 amide bonds. The Morgan fingerprint density at radius 1 is 1.10 bits per heavy atom. The van der Waals surface area contributed by atoms with E-state index in [0.717, 1.165) is 22.4 Å². The molecule has 0 spiro atoms. The molecule has 0 bridgehead atoms. The average Bonchev–Trinajstić information content (AvgIpc) is 3.18. The number of rotatable bonds is 5. The van der Waals surface area contributed by atoms with E-state index in [9.17, 15) is 14.9 Å². The molecule has 0 aliphatic heterocycles. The highest BCUT2D eigenvalue weighted by atomic mass is 32.2. The lowest BCUT2D eigenvalue weighted by Gasteiger charge is -2.13. The minimum absolute atomic E-state index is 0.0589. The van der Waals surface area contributed by atoms with Gasteiger partial charge in [0, 0.05) is 17.9 Å². The van der Waals surface area contributed by atoms with E-state index in [4.69, 9.17) is 4.98 Å². The summed E-state index contributed by atoms with van der Waals surface area (Å²) >= 11 is 2.83. The Morgan fingerprint density at radius 2 is 1.86 bits per heavy atom. The molecule has 4 rings (SSSR count). The molecule has 2 aromatic carbocycles. The maximum absolute atomic E-state index is 13.2. The van der Waals surface area contributed by atoms with Crippen LogP contribution in [0, 0.1) is 24.0 Å². The van der Waals surface area contributed by atoms with E-state index in [1.54, 1.807) is 16.7 Å². The molecular formula is C21H17N3O3S2. The second-order valence-corrected chi connectivity index (χ2v) is 8.51. The summed E-state index contributed by atoms with van der Waals surface area (Å²) in [7, 11) is 0. The lowest BCUT2D eigenvalue weighted by atomic mass is 10.1. The van der Waals surface area contributed by atoms with Gasteiger partial charge in [0.1, 0.15) is 4.70 Å². The van der Waals surface area contributed by atoms with Crippen molar-refractivity contribution in [3.63, 3.8) is 0 Å². The Balaban J connectivity index is 1.75. The van der Waals surface area contributed by atoms with Crippen LogP contribution in [0.3, 0.4) is 0 Å². The number of aryl methyl sites for hydroxylation is 2. The van der Waals surface area contributed by atoms with Crippen molar-refractivity contribution in [2.75, 3.05) is 0 Å². The fourth-order valence-electron chi connectivity index (χ4n) is 2.94. The Labute approximate surface area is 175 Å². The van der Waals surface area contributed by atoms with Crippen LogP contribution in [-0.4, -0.2) is 14.5 Å². The van der Waals surface area contributed by atoms with Crippen molar-refractivity contribution in [3.05, 3.63) is 91.1 Å². The molecule has 0 N–H and O–H groups in total. The number of hydrogen-bond acceptors (Lipinski definition) is 6. The van der Waals surface area contributed by atoms with Crippen molar-refractivity contribution >= 4 is 39.0 Å². The molecular weight excluding hydrogens is 406 g/mol. The van der Waals surface area contributed by atoms with E-state index in [-0.39, 0.29) is 11.2 Å². The van der Waals surface area contributed by atoms with Gasteiger partial charge < -0.3 is 0 Å². The summed E-state index contributed by atoms with van der Waals surface area (Å²) in [5, 5.41) is 13.3. The number of thioether (sulfide) groups is 1. The summed E-state index contributed by atoms with van der Waals surface area (Å²) in [5.74, 6) is 0.547. The van der Waals surface area contributed by atoms with E-state index in [1.165, 1.54) is 35.2 Å². The third-order valence-electron chi connectivity index (χ3n) is 4.71. The number of nitro groups is 1. The van der Waals surface area contributed by atoms with Crippen LogP contribution >= 0.6 is 23.1 Å². The third-order valence-corrected chi connectivity index (χ3v) is 6.61. The predicted molar refractivity (Wildman–Crippen MR) is 117 cm³/mol. The predicted octanol–water partition coefficient (Wildman–Crippen LogP) is 5.26. The van der Waals surface area contributed by atoms with Crippen molar-refractivity contribution in [3.8, 4) is 5.69 Å². The van der Waals surface area contributed by atoms with E-state index in [1.807, 2.05) is 43.5 Å². The zero-order chi connectivity index (χ0) is 20.5. The Hall–Kier alpha value is -2.97. The van der Waals surface area contributed by atoms with E-state index < -0.39 is 4.92 Å². The molecule has 146 valence electrons. The number of nitro benzene ring substituents is 1. The normalized spacial score (nSPS) is 11.1. The van der Waals surface area contributed by atoms with Gasteiger partial charge in [-0.15, -0.1) is 11.3 Å². The van der Waals surface area contributed by atoms with Crippen LogP contribution in [0.1, 0.15) is 16.7 Å². The van der Waals surface area contributed by atoms with Crippen LogP contribution < -0.4 is 5.56 Å². The maximum atomic E-state index is 13.2. The Bertz CT molecular complexity index is 1280. The van der Waals surface area contributed by atoms with Gasteiger partial charge in [-0.2, -0.15) is 0 Å². The molecule has 0 aliphatic carbocycles. The van der Waals surface area contributed by atoms with E-state index in [0.29, 0.717) is 21.1 Å². The number of hydrogen-bond donors (Lipinski definition) is 0. The largest absolute Gasteiger partial charge is 0.276 e. The monoisotopic (exact) mass is 423 g/mol. The zero-order valence-corrected chi connectivity index (χ0v) is 17.4. The van der Waals surface area contributed by atoms with Gasteiger partial charge in [-0.25, -0.2) is 4.98 Å². The van der Waals surface area contributed by atoms with Crippen LogP contribution in [0.15, 0.2) is 63.9 Å². The summed E-state index contributed by atoms with van der Waals surface area (Å²) in [6.07, 6.45) is 0. The van der Waals surface area contributed by atoms with Crippen LogP contribution in [-0.2, 0) is 5.75 Å². The highest BCUT2D eigenvalue weighted by molar-refractivity contribution is 7.98. The second-order valence-electron chi connectivity index (χ2n) is 6.65. The summed E-state index contributed by atoms with van der Waals surface area (Å²) in [4.78, 5) is 28.3. The molecule has 0 radical (unpaired) electrons. The molecule has 6 nitrogen and oxygen atoms in total. The molecule has 0 saturated carbocycles. The van der Waals surface area contributed by atoms with Crippen LogP contribution in [0.25, 0.3) is 15.9 Å². The number of nitrogens with zero attached hydrogens (tertiary/aromatic N) is 3. The van der Waals surface area contributed by atoms with Crippen LogP contribution in [0.5, 0.6) is 0 Å². The van der Waals surface area contributed by atoms with Gasteiger partial charge in [0.2, 0.25) is 0 Å². The molecule has 0 aliphatic rings. The first-order valence-electron chi connectivity index (χ1n) is 8.88. The smallest absolute Gasteiger partial charge is 0.267 e. The molecule has 29 heavy (non-hydrogen) atoms. The quantitative estimate of drug-likeness (QED) is 0.189. The lowest BCUT2D eigenvalue weighted by Crippen LogP contribution is -2.21. The number of thiophene rings is 1. The first-order chi connectivity index (χ1) is 13.9. The third kappa shape index (κ3) is 3.81. The zero-order valence-electron chi connectivity index (χ0n) is 15.8. The van der Waals surface area contributed by atoms with Gasteiger partial charge in [-0.3, -0.25) is 19.5 Å². The van der Waals surface area contributed by atoms with Crippen LogP contribution in [0.4, 0.5) is 5.69 Å². The van der Waals surface area contributed by atoms with E-state index in [2.05, 4.69) is 0 Å². The van der Waals surface area contributed by atoms with Crippen molar-refractivity contribution < 1.29 is 4.92 Å². The van der Waals surface area contributed by atoms with Crippen molar-refractivity contribution in [1.29, 1.82) is 0 Å². The van der Waals surface area contributed by atoms with Gasteiger partial charge in [-0.1, -0.05) is 30.0 Å². The van der Waals surface area contributed by atoms with Crippen molar-refractivity contribution in [1.82, 2.24) is 9.55 Å². The molecule has 0 saturated heterocycles. The topological polar surface area (TPSA) is 78.0 Å². The summed E-state index contributed by atoms with van der Waals surface area (Å²) in [6.45, 7) is 4.05. The summed E-state index contributed by atoms with van der Waals surface area (Å²) in [6, 6.07) is 14.2. The molecule has 8 heteroatoms. The van der Waals surface area contributed by atoms with Crippen molar-refractivity contribution in [2.24, 2.45) is 0 Å². The molecule has 0 atom stereocenters. The highest BCUT2D eigenvalue weighted by Crippen LogP contribution is 2.27. The molecule has 2 aromatic heterocycles. The fraction of sp³-hybridized carbons (Fsp3) is 0.143. The van der Waals surface area contributed by atoms with Gasteiger partial charge in [-0.05, 0) is 54.1 Å². The minimum atomic E-state index is -0.416. The standard InChI is InChI=1S/C21H17N3O3S2/c1-13-3-6-17(11-14(13)2)23-20(25)19-18(9-10-28-19)22-21(23)29-12-15-4-7-16(8-5-15)24(26)27/h3-11H,12H2,1-2H3. The van der Waals surface area contributed by atoms with Gasteiger partial charge in [0.05, 0.1) is 16.1 Å². The van der Waals surface area contributed by atoms with Gasteiger partial charge in [0.15, 0.2) is 5.16 Å². The number of fused-ring (bicyclic) bond motifs is 1. The molecule has 0 fully saturated rings. The Kier molecular flexibility index (Phi) is 5.21. The second kappa shape index (κ2) is 7.81. The number of aromatic nitrogens is 2. The van der Waals surface area contributed by atoms with Crippen molar-refractivity contribution in [2.45, 2.75) is 24.8 Å². The molecule has 0 unspecified atom stereocenters. The maximum Gasteiger partial charge on any atom is 0.276 e. The average molecular weight is 424 g/mol. The first-order valence-corrected chi connectivity index (χ1v) is 10.7. The van der Waals surface area contributed by atoms with Crippen LogP contribution in [0.2, 0.25) is 0 Å². The molecule has 4 aromatic rings. The molecule has 2 heterocycles. The summed E-state index contributed by atoms with van der Waals surface area (Å²) in [5.41, 5.74) is 4.63. The Morgan fingerprint density at radius 3 is 2.55 bits per heavy atom. The summed E-state index contributed by atoms with van der Waals surface area (Å²) < 4.78 is 2.28. The SMILES string of the molecule is Cc1ccc(-n2c(SCc3ccc([N+](=O)[O-])cc3)nc3ccsc3c2=O)cc1C. The lowest BCUT2D eigenvalue weighted by molar-refractivity contribution is -0.384. The van der Waals surface area contributed by atoms with E-state index >= 15 is 0 Å². The highest BCUT2D eigenvalue weighted by Gasteiger charge is 2.15. The first kappa shape index (κ1) is 19.4. The minimum Gasteiger partial charge on any atom is -0.267 e.